The van der Waals surface area contributed by atoms with Crippen LogP contribution in [0, 0.1) is 0 Å². The second-order valence-electron chi connectivity index (χ2n) is 25.4. The maximum atomic E-state index is 2.67. The molecule has 4 heteroatoms. The van der Waals surface area contributed by atoms with E-state index in [4.69, 9.17) is 0 Å². The molecule has 9 rings (SSSR count). The van der Waals surface area contributed by atoms with Crippen LogP contribution in [0.2, 0.25) is 0 Å². The Morgan fingerprint density at radius 2 is 0.422 bits per heavy atom. The monoisotopic (exact) mass is 864 g/mol. The van der Waals surface area contributed by atoms with Crippen LogP contribution < -0.4 is 30.3 Å². The lowest BCUT2D eigenvalue weighted by molar-refractivity contribution is 0.589. The van der Waals surface area contributed by atoms with Gasteiger partial charge in [0.15, 0.2) is 0 Å². The first kappa shape index (κ1) is 44.2. The molecule has 0 saturated carbocycles. The van der Waals surface area contributed by atoms with E-state index in [-0.39, 0.29) is 32.5 Å². The van der Waals surface area contributed by atoms with Crippen LogP contribution in [0.5, 0.6) is 0 Å². The van der Waals surface area contributed by atoms with E-state index in [1.807, 2.05) is 0 Å². The molecule has 0 unspecified atom stereocenters. The summed E-state index contributed by atoms with van der Waals surface area (Å²) < 4.78 is 0. The van der Waals surface area contributed by atoms with Crippen LogP contribution in [0.3, 0.4) is 0 Å². The minimum atomic E-state index is -2.17. The number of hydrogen-bond donors (Lipinski definition) is 0. The molecule has 0 spiro atoms. The summed E-state index contributed by atoms with van der Waals surface area (Å²) in [5, 5.41) is 4.56. The Labute approximate surface area is 388 Å². The third kappa shape index (κ3) is 7.23. The van der Waals surface area contributed by atoms with Gasteiger partial charge in [0, 0.05) is 51.2 Å². The van der Waals surface area contributed by atoms with E-state index in [0.717, 1.165) is 0 Å². The molecule has 0 amide bonds. The van der Waals surface area contributed by atoms with Gasteiger partial charge in [-0.15, -0.1) is 0 Å². The third-order valence-corrected chi connectivity index (χ3v) is 17.8. The van der Waals surface area contributed by atoms with E-state index in [1.54, 1.807) is 0 Å². The molecule has 3 aliphatic heterocycles. The molecule has 332 valence electrons. The average Bonchev–Trinajstić information content (AvgIpc) is 3.18. The topological polar surface area (TPSA) is 9.72 Å². The minimum absolute atomic E-state index is 0.0488. The lowest BCUT2D eigenvalue weighted by atomic mass is 9.84. The number of rotatable bonds is 3. The fourth-order valence-corrected chi connectivity index (χ4v) is 14.1. The zero-order chi connectivity index (χ0) is 46.4. The van der Waals surface area contributed by atoms with Crippen molar-refractivity contribution >= 4 is 75.5 Å². The molecule has 0 saturated heterocycles. The van der Waals surface area contributed by atoms with Crippen molar-refractivity contribution in [1.82, 2.24) is 0 Å². The molecule has 0 atom stereocenters. The van der Waals surface area contributed by atoms with Crippen molar-refractivity contribution in [3.8, 4) is 0 Å². The minimum Gasteiger partial charge on any atom is -0.311 e. The van der Waals surface area contributed by atoms with Crippen LogP contribution in [0.4, 0.5) is 51.2 Å². The van der Waals surface area contributed by atoms with E-state index >= 15 is 0 Å². The maximum Gasteiger partial charge on any atom is 0.149 e. The predicted molar refractivity (Wildman–Crippen MR) is 282 cm³/mol. The van der Waals surface area contributed by atoms with E-state index in [9.17, 15) is 0 Å². The molecule has 6 aromatic carbocycles. The summed E-state index contributed by atoms with van der Waals surface area (Å²) in [6, 6.07) is 44.0. The summed E-state index contributed by atoms with van der Waals surface area (Å²) in [7, 11) is -2.17. The lowest BCUT2D eigenvalue weighted by Gasteiger charge is -2.51. The Balaban J connectivity index is 1.47. The first-order chi connectivity index (χ1) is 29.5. The van der Waals surface area contributed by atoms with Gasteiger partial charge in [-0.25, -0.2) is 0 Å². The summed E-state index contributed by atoms with van der Waals surface area (Å²) in [6.45, 7) is 42.3. The molecule has 3 nitrogen and oxygen atoms in total. The highest BCUT2D eigenvalue weighted by Crippen LogP contribution is 2.53. The van der Waals surface area contributed by atoms with Gasteiger partial charge in [-0.2, -0.15) is 0 Å². The third-order valence-electron chi connectivity index (χ3n) is 14.3. The van der Waals surface area contributed by atoms with E-state index in [1.165, 1.54) is 100 Å². The molecule has 0 fully saturated rings. The van der Waals surface area contributed by atoms with Gasteiger partial charge in [-0.3, -0.25) is 0 Å². The van der Waals surface area contributed by atoms with Gasteiger partial charge >= 0.3 is 0 Å². The molecule has 0 bridgehead atoms. The number of hydrogen-bond acceptors (Lipinski definition) is 3. The number of anilines is 9. The molecule has 3 heterocycles. The molecule has 6 aromatic rings. The van der Waals surface area contributed by atoms with Crippen LogP contribution >= 0.6 is 0 Å². The summed E-state index contributed by atoms with van der Waals surface area (Å²) in [4.78, 5) is 8.00. The van der Waals surface area contributed by atoms with Crippen molar-refractivity contribution in [3.05, 3.63) is 143 Å². The highest BCUT2D eigenvalue weighted by atomic mass is 28.3. The van der Waals surface area contributed by atoms with Crippen molar-refractivity contribution in [2.45, 2.75) is 157 Å². The molecule has 0 radical (unpaired) electrons. The first-order valence-corrected chi connectivity index (χ1v) is 25.5. The maximum absolute atomic E-state index is 2.67. The Kier molecular flexibility index (Phi) is 9.81. The highest BCUT2D eigenvalue weighted by molar-refractivity contribution is 7.02. The van der Waals surface area contributed by atoms with E-state index in [0.29, 0.717) is 0 Å². The van der Waals surface area contributed by atoms with Crippen molar-refractivity contribution in [3.63, 3.8) is 0 Å². The van der Waals surface area contributed by atoms with Gasteiger partial charge in [0.1, 0.15) is 8.80 Å². The number of benzene rings is 6. The zero-order valence-corrected chi connectivity index (χ0v) is 43.5. The summed E-state index contributed by atoms with van der Waals surface area (Å²) >= 11 is 0. The van der Waals surface area contributed by atoms with Crippen LogP contribution in [-0.4, -0.2) is 8.80 Å². The predicted octanol–water partition coefficient (Wildman–Crippen LogP) is 15.1. The van der Waals surface area contributed by atoms with Crippen molar-refractivity contribution < 1.29 is 0 Å². The summed E-state index contributed by atoms with van der Waals surface area (Å²) in [5.74, 6) is 0. The largest absolute Gasteiger partial charge is 0.311 e. The molecular formula is C60H73N3Si. The van der Waals surface area contributed by atoms with Crippen molar-refractivity contribution in [2.24, 2.45) is 0 Å². The smallest absolute Gasteiger partial charge is 0.149 e. The SMILES string of the molecule is CC(C)(C)c1ccc(N2c3cc(C(C)(C)C)cc4c3[SiH]3c5c2cc(C(C)(C)C)cc5N(c2ccc(C(C)(C)C)cc2)c2cc(C(C)(C)C)cc(c23)N4c2ccc(C(C)(C)C)cc2)cc1. The Morgan fingerprint density at radius 3 is 0.578 bits per heavy atom. The van der Waals surface area contributed by atoms with Gasteiger partial charge in [0.2, 0.25) is 0 Å². The Hall–Kier alpha value is -5.06. The first-order valence-electron chi connectivity index (χ1n) is 23.8. The highest BCUT2D eigenvalue weighted by Gasteiger charge is 2.50. The van der Waals surface area contributed by atoms with Crippen LogP contribution in [0.15, 0.2) is 109 Å². The number of nitrogens with zero attached hydrogens (tertiary/aromatic N) is 3. The van der Waals surface area contributed by atoms with E-state index in [2.05, 4.69) is 249 Å². The summed E-state index contributed by atoms with van der Waals surface area (Å²) in [6.07, 6.45) is 0. The second kappa shape index (κ2) is 14.2. The Morgan fingerprint density at radius 1 is 0.250 bits per heavy atom. The van der Waals surface area contributed by atoms with Crippen LogP contribution in [-0.2, 0) is 32.5 Å². The molecule has 0 aromatic heterocycles. The fraction of sp³-hybridized carbons (Fsp3) is 0.400. The second-order valence-corrected chi connectivity index (χ2v) is 28.0. The quantitative estimate of drug-likeness (QED) is 0.164. The zero-order valence-electron chi connectivity index (χ0n) is 42.3. The standard InChI is InChI=1S/C60H73N3Si/c1-55(2,3)37-19-25-43(26-20-37)61-46-31-40(58(10,11)12)33-48-52(46)64-53-47(61)32-41(59(13,14)15)34-49(53)63(45-29-23-39(24-30-45)57(7,8)9)51-36-42(60(16,17)18)35-50(54(51)64)62(48)44-27-21-38(22-28-44)56(4,5)6/h19-36,64H,1-18H3. The van der Waals surface area contributed by atoms with E-state index < -0.39 is 8.80 Å². The van der Waals surface area contributed by atoms with Gasteiger partial charge < -0.3 is 14.7 Å². The molecule has 0 aliphatic carbocycles. The van der Waals surface area contributed by atoms with Gasteiger partial charge in [0.25, 0.3) is 0 Å². The van der Waals surface area contributed by atoms with Crippen molar-refractivity contribution in [2.75, 3.05) is 14.7 Å². The average molecular weight is 864 g/mol. The Bertz CT molecular complexity index is 2420. The van der Waals surface area contributed by atoms with Crippen LogP contribution in [0.1, 0.15) is 158 Å². The normalized spacial score (nSPS) is 15.2. The molecule has 64 heavy (non-hydrogen) atoms. The molecular weight excluding hydrogens is 791 g/mol. The van der Waals surface area contributed by atoms with Crippen molar-refractivity contribution in [1.29, 1.82) is 0 Å². The fourth-order valence-electron chi connectivity index (χ4n) is 10.2. The van der Waals surface area contributed by atoms with Gasteiger partial charge in [-0.05, 0) is 154 Å². The lowest BCUT2D eigenvalue weighted by Crippen LogP contribution is -2.65. The summed E-state index contributed by atoms with van der Waals surface area (Å²) in [5.41, 5.74) is 19.6. The van der Waals surface area contributed by atoms with Gasteiger partial charge in [0.05, 0.1) is 0 Å². The van der Waals surface area contributed by atoms with Crippen LogP contribution in [0.25, 0.3) is 0 Å². The molecule has 3 aliphatic rings. The van der Waals surface area contributed by atoms with Gasteiger partial charge in [-0.1, -0.05) is 161 Å². The molecule has 0 N–H and O–H groups in total.